The van der Waals surface area contributed by atoms with Gasteiger partial charge in [-0.05, 0) is 31.2 Å². The summed E-state index contributed by atoms with van der Waals surface area (Å²) in [5, 5.41) is 2.91. The first kappa shape index (κ1) is 16.1. The number of amides is 1. The minimum absolute atomic E-state index is 0.149. The molecule has 1 aromatic carbocycles. The molecule has 8 heteroatoms. The molecule has 0 aliphatic carbocycles. The summed E-state index contributed by atoms with van der Waals surface area (Å²) in [5.74, 6) is 0.0315. The molecular weight excluding hydrogens is 336 g/mol. The lowest BCUT2D eigenvalue weighted by Crippen LogP contribution is -2.30. The summed E-state index contributed by atoms with van der Waals surface area (Å²) < 4.78 is 15.5. The fourth-order valence-corrected chi connectivity index (χ4v) is 2.11. The van der Waals surface area contributed by atoms with Crippen molar-refractivity contribution in [1.29, 1.82) is 0 Å². The zero-order valence-corrected chi connectivity index (χ0v) is 13.4. The molecule has 0 spiro atoms. The predicted molar refractivity (Wildman–Crippen MR) is 85.3 cm³/mol. The van der Waals surface area contributed by atoms with Crippen LogP contribution in [0.25, 0.3) is 0 Å². The molecule has 2 heterocycles. The third-order valence-corrected chi connectivity index (χ3v) is 3.48. The Kier molecular flexibility index (Phi) is 4.52. The zero-order valence-electron chi connectivity index (χ0n) is 12.6. The first-order valence-corrected chi connectivity index (χ1v) is 7.44. The van der Waals surface area contributed by atoms with Crippen molar-refractivity contribution in [3.8, 4) is 11.5 Å². The fraction of sp³-hybridized carbons (Fsp3) is 0.188. The largest absolute Gasteiger partial charge is 0.454 e. The van der Waals surface area contributed by atoms with E-state index in [0.29, 0.717) is 17.2 Å². The second-order valence-corrected chi connectivity index (χ2v) is 5.36. The molecule has 1 amide bonds. The molecule has 0 saturated heterocycles. The maximum absolute atomic E-state index is 12.1. The first-order valence-electron chi connectivity index (χ1n) is 7.06. The minimum Gasteiger partial charge on any atom is -0.454 e. The Labute approximate surface area is 142 Å². The van der Waals surface area contributed by atoms with Gasteiger partial charge in [-0.1, -0.05) is 11.6 Å². The van der Waals surface area contributed by atoms with Crippen molar-refractivity contribution in [1.82, 2.24) is 4.98 Å². The molecule has 7 nitrogen and oxygen atoms in total. The maximum atomic E-state index is 12.1. The van der Waals surface area contributed by atoms with Crippen LogP contribution in [0.15, 0.2) is 36.5 Å². The molecule has 0 fully saturated rings. The standard InChI is InChI=1S/C16H13ClN2O5/c1-9(24-16(21)10-2-5-14(17)18-7-10)15(20)19-11-3-4-12-13(6-11)23-8-22-12/h2-7,9H,8H2,1H3,(H,19,20)/t9-/m0/s1. The highest BCUT2D eigenvalue weighted by atomic mass is 35.5. The Morgan fingerprint density at radius 1 is 1.25 bits per heavy atom. The number of nitrogens with one attached hydrogen (secondary N) is 1. The van der Waals surface area contributed by atoms with Gasteiger partial charge in [0, 0.05) is 18.0 Å². The number of ether oxygens (including phenoxy) is 3. The van der Waals surface area contributed by atoms with E-state index < -0.39 is 18.0 Å². The Morgan fingerprint density at radius 3 is 2.79 bits per heavy atom. The van der Waals surface area contributed by atoms with Crippen molar-refractivity contribution in [3.05, 3.63) is 47.2 Å². The van der Waals surface area contributed by atoms with Gasteiger partial charge in [0.25, 0.3) is 5.91 Å². The molecule has 3 rings (SSSR count). The van der Waals surface area contributed by atoms with E-state index in [9.17, 15) is 9.59 Å². The Hall–Kier alpha value is -2.80. The number of aromatic nitrogens is 1. The summed E-state index contributed by atoms with van der Waals surface area (Å²) in [5.41, 5.74) is 0.724. The smallest absolute Gasteiger partial charge is 0.340 e. The van der Waals surface area contributed by atoms with E-state index in [4.69, 9.17) is 25.8 Å². The molecule has 0 bridgehead atoms. The van der Waals surface area contributed by atoms with Gasteiger partial charge >= 0.3 is 5.97 Å². The van der Waals surface area contributed by atoms with Crippen LogP contribution in [0.2, 0.25) is 5.15 Å². The van der Waals surface area contributed by atoms with Crippen LogP contribution in [0.5, 0.6) is 11.5 Å². The third kappa shape index (κ3) is 3.57. The van der Waals surface area contributed by atoms with E-state index in [1.54, 1.807) is 18.2 Å². The van der Waals surface area contributed by atoms with Crippen LogP contribution in [0.4, 0.5) is 5.69 Å². The normalized spacial score (nSPS) is 13.2. The molecule has 2 aromatic rings. The van der Waals surface area contributed by atoms with Crippen molar-refractivity contribution < 1.29 is 23.8 Å². The SMILES string of the molecule is C[C@H](OC(=O)c1ccc(Cl)nc1)C(=O)Nc1ccc2c(c1)OCO2. The van der Waals surface area contributed by atoms with Crippen molar-refractivity contribution in [2.45, 2.75) is 13.0 Å². The number of fused-ring (bicyclic) bond motifs is 1. The molecule has 0 saturated carbocycles. The van der Waals surface area contributed by atoms with E-state index in [0.717, 1.165) is 0 Å². The average Bonchev–Trinajstić information content (AvgIpc) is 3.03. The number of halogens is 1. The molecule has 1 aliphatic rings. The molecule has 1 atom stereocenters. The highest BCUT2D eigenvalue weighted by molar-refractivity contribution is 6.29. The summed E-state index contributed by atoms with van der Waals surface area (Å²) >= 11 is 5.66. The lowest BCUT2D eigenvalue weighted by Gasteiger charge is -2.13. The average molecular weight is 349 g/mol. The van der Waals surface area contributed by atoms with Gasteiger partial charge in [-0.2, -0.15) is 0 Å². The lowest BCUT2D eigenvalue weighted by molar-refractivity contribution is -0.123. The van der Waals surface area contributed by atoms with Crippen molar-refractivity contribution in [2.24, 2.45) is 0 Å². The van der Waals surface area contributed by atoms with Gasteiger partial charge < -0.3 is 19.5 Å². The Bertz CT molecular complexity index is 779. The molecule has 0 radical (unpaired) electrons. The minimum atomic E-state index is -0.987. The van der Waals surface area contributed by atoms with E-state index in [1.165, 1.54) is 25.3 Å². The summed E-state index contributed by atoms with van der Waals surface area (Å²) in [7, 11) is 0. The van der Waals surface area contributed by atoms with E-state index >= 15 is 0 Å². The number of hydrogen-bond donors (Lipinski definition) is 1. The van der Waals surface area contributed by atoms with Gasteiger partial charge in [0.1, 0.15) is 5.15 Å². The number of nitrogens with zero attached hydrogens (tertiary/aromatic N) is 1. The molecule has 124 valence electrons. The predicted octanol–water partition coefficient (Wildman–Crippen LogP) is 2.65. The quantitative estimate of drug-likeness (QED) is 0.675. The number of carbonyl (C=O) groups is 2. The number of esters is 1. The first-order chi connectivity index (χ1) is 11.5. The highest BCUT2D eigenvalue weighted by Crippen LogP contribution is 2.34. The molecule has 1 N–H and O–H groups in total. The van der Waals surface area contributed by atoms with Crippen LogP contribution >= 0.6 is 11.6 Å². The number of rotatable bonds is 4. The van der Waals surface area contributed by atoms with E-state index in [-0.39, 0.29) is 17.5 Å². The van der Waals surface area contributed by atoms with E-state index in [1.807, 2.05) is 0 Å². The molecule has 0 unspecified atom stereocenters. The van der Waals surface area contributed by atoms with Crippen LogP contribution in [0.3, 0.4) is 0 Å². The molecular formula is C16H13ClN2O5. The van der Waals surface area contributed by atoms with Gasteiger partial charge in [0.05, 0.1) is 5.56 Å². The lowest BCUT2D eigenvalue weighted by atomic mass is 10.2. The summed E-state index contributed by atoms with van der Waals surface area (Å²) in [6.45, 7) is 1.62. The summed E-state index contributed by atoms with van der Waals surface area (Å²) in [6.07, 6.45) is 0.297. The van der Waals surface area contributed by atoms with Crippen LogP contribution in [-0.4, -0.2) is 29.8 Å². The Morgan fingerprint density at radius 2 is 2.04 bits per heavy atom. The van der Waals surface area contributed by atoms with Crippen LogP contribution in [-0.2, 0) is 9.53 Å². The van der Waals surface area contributed by atoms with Crippen LogP contribution in [0.1, 0.15) is 17.3 Å². The Balaban J connectivity index is 1.60. The zero-order chi connectivity index (χ0) is 17.1. The van der Waals surface area contributed by atoms with Crippen LogP contribution in [0, 0.1) is 0 Å². The fourth-order valence-electron chi connectivity index (χ4n) is 2.00. The summed E-state index contributed by atoms with van der Waals surface area (Å²) in [6, 6.07) is 7.94. The van der Waals surface area contributed by atoms with Gasteiger partial charge in [-0.3, -0.25) is 4.79 Å². The van der Waals surface area contributed by atoms with Crippen molar-refractivity contribution in [2.75, 3.05) is 12.1 Å². The number of pyridine rings is 1. The van der Waals surface area contributed by atoms with Crippen LogP contribution < -0.4 is 14.8 Å². The van der Waals surface area contributed by atoms with Gasteiger partial charge in [0.15, 0.2) is 17.6 Å². The topological polar surface area (TPSA) is 86.8 Å². The van der Waals surface area contributed by atoms with Crippen molar-refractivity contribution >= 4 is 29.2 Å². The second kappa shape index (κ2) is 6.76. The van der Waals surface area contributed by atoms with E-state index in [2.05, 4.69) is 10.3 Å². The number of anilines is 1. The van der Waals surface area contributed by atoms with Gasteiger partial charge in [0.2, 0.25) is 6.79 Å². The van der Waals surface area contributed by atoms with Gasteiger partial charge in [-0.15, -0.1) is 0 Å². The number of hydrogen-bond acceptors (Lipinski definition) is 6. The third-order valence-electron chi connectivity index (χ3n) is 3.26. The number of carbonyl (C=O) groups excluding carboxylic acids is 2. The maximum Gasteiger partial charge on any atom is 0.340 e. The second-order valence-electron chi connectivity index (χ2n) is 4.97. The highest BCUT2D eigenvalue weighted by Gasteiger charge is 2.20. The van der Waals surface area contributed by atoms with Crippen molar-refractivity contribution in [3.63, 3.8) is 0 Å². The summed E-state index contributed by atoms with van der Waals surface area (Å²) in [4.78, 5) is 27.9. The number of benzene rings is 1. The molecule has 1 aliphatic heterocycles. The monoisotopic (exact) mass is 348 g/mol. The molecule has 1 aromatic heterocycles. The van der Waals surface area contributed by atoms with Gasteiger partial charge in [-0.25, -0.2) is 9.78 Å². The molecule has 24 heavy (non-hydrogen) atoms.